The average molecular weight is 453 g/mol. The third kappa shape index (κ3) is 6.38. The lowest BCUT2D eigenvalue weighted by Crippen LogP contribution is -2.36. The Hall–Kier alpha value is -2.23. The number of carbonyl (C=O) groups is 1. The fourth-order valence-corrected chi connectivity index (χ4v) is 5.37. The largest absolute Gasteiger partial charge is 0.274 e. The Bertz CT molecular complexity index is 1060. The van der Waals surface area contributed by atoms with Crippen LogP contribution in [-0.4, -0.2) is 40.1 Å². The minimum atomic E-state index is -3.90. The van der Waals surface area contributed by atoms with E-state index in [1.165, 1.54) is 19.1 Å². The van der Waals surface area contributed by atoms with Crippen molar-refractivity contribution in [3.63, 3.8) is 0 Å². The maximum Gasteiger partial charge on any atom is 0.266 e. The van der Waals surface area contributed by atoms with E-state index in [1.807, 2.05) is 13.8 Å². The summed E-state index contributed by atoms with van der Waals surface area (Å²) >= 11 is 0. The van der Waals surface area contributed by atoms with Gasteiger partial charge < -0.3 is 0 Å². The lowest BCUT2D eigenvalue weighted by Gasteiger charge is -2.21. The highest BCUT2D eigenvalue weighted by molar-refractivity contribution is 7.89. The Morgan fingerprint density at radius 2 is 1.30 bits per heavy atom. The van der Waals surface area contributed by atoms with Gasteiger partial charge in [-0.05, 0) is 51.0 Å². The van der Waals surface area contributed by atoms with E-state index in [0.29, 0.717) is 19.3 Å². The molecule has 0 aromatic heterocycles. The molecule has 0 atom stereocenters. The van der Waals surface area contributed by atoms with E-state index in [1.54, 1.807) is 36.4 Å². The Balaban J connectivity index is 1.86. The van der Waals surface area contributed by atoms with Crippen molar-refractivity contribution in [1.29, 1.82) is 0 Å². The second kappa shape index (κ2) is 10.2. The van der Waals surface area contributed by atoms with Crippen molar-refractivity contribution in [3.8, 4) is 0 Å². The smallest absolute Gasteiger partial charge is 0.266 e. The van der Waals surface area contributed by atoms with Gasteiger partial charge in [-0.1, -0.05) is 41.8 Å². The summed E-state index contributed by atoms with van der Waals surface area (Å²) in [6.45, 7) is 5.25. The highest BCUT2D eigenvalue weighted by atomic mass is 32.2. The van der Waals surface area contributed by atoms with Crippen molar-refractivity contribution in [2.24, 2.45) is 0 Å². The van der Waals surface area contributed by atoms with E-state index in [-0.39, 0.29) is 22.9 Å². The van der Waals surface area contributed by atoms with Gasteiger partial charge in [0.1, 0.15) is 0 Å². The number of benzene rings is 2. The van der Waals surface area contributed by atoms with Gasteiger partial charge in [-0.15, -0.1) is 0 Å². The van der Waals surface area contributed by atoms with Crippen molar-refractivity contribution in [2.45, 2.75) is 49.8 Å². The van der Waals surface area contributed by atoms with Crippen molar-refractivity contribution in [2.75, 3.05) is 13.1 Å². The number of hydrogen-bond donors (Lipinski definition) is 1. The molecule has 0 fully saturated rings. The summed E-state index contributed by atoms with van der Waals surface area (Å²) in [5.74, 6) is -0.546. The van der Waals surface area contributed by atoms with Crippen LogP contribution in [0.5, 0.6) is 0 Å². The van der Waals surface area contributed by atoms with Crippen LogP contribution in [0.4, 0.5) is 0 Å². The molecule has 0 unspecified atom stereocenters. The van der Waals surface area contributed by atoms with E-state index < -0.39 is 26.0 Å². The van der Waals surface area contributed by atoms with E-state index in [2.05, 4.69) is 4.72 Å². The first-order valence-corrected chi connectivity index (χ1v) is 12.6. The van der Waals surface area contributed by atoms with Gasteiger partial charge in [0.25, 0.3) is 10.0 Å². The van der Waals surface area contributed by atoms with Gasteiger partial charge in [-0.3, -0.25) is 4.79 Å². The first-order valence-electron chi connectivity index (χ1n) is 9.70. The van der Waals surface area contributed by atoms with Crippen LogP contribution in [-0.2, 0) is 24.8 Å². The van der Waals surface area contributed by atoms with Gasteiger partial charge in [0, 0.05) is 20.0 Å². The number of aryl methyl sites for hydroxylation is 2. The number of sulfonamides is 2. The average Bonchev–Trinajstić information content (AvgIpc) is 2.67. The second-order valence-electron chi connectivity index (χ2n) is 7.18. The molecule has 2 aromatic rings. The van der Waals surface area contributed by atoms with E-state index in [9.17, 15) is 21.6 Å². The van der Waals surface area contributed by atoms with Crippen LogP contribution >= 0.6 is 0 Å². The van der Waals surface area contributed by atoms with Gasteiger partial charge >= 0.3 is 0 Å². The molecule has 2 aromatic carbocycles. The number of amides is 1. The van der Waals surface area contributed by atoms with Crippen LogP contribution in [0.2, 0.25) is 0 Å². The van der Waals surface area contributed by atoms with Crippen molar-refractivity contribution in [1.82, 2.24) is 9.03 Å². The molecule has 0 aliphatic rings. The summed E-state index contributed by atoms with van der Waals surface area (Å²) < 4.78 is 53.4. The molecule has 0 aliphatic carbocycles. The minimum Gasteiger partial charge on any atom is -0.274 e. The summed E-state index contributed by atoms with van der Waals surface area (Å²) in [7, 11) is -7.47. The van der Waals surface area contributed by atoms with Crippen LogP contribution in [0.25, 0.3) is 0 Å². The molecule has 0 aliphatic heterocycles. The molecule has 9 heteroatoms. The molecule has 0 saturated heterocycles. The predicted molar refractivity (Wildman–Crippen MR) is 116 cm³/mol. The number of unbranched alkanes of at least 4 members (excludes halogenated alkanes) is 2. The van der Waals surface area contributed by atoms with E-state index in [4.69, 9.17) is 0 Å². The van der Waals surface area contributed by atoms with Crippen LogP contribution in [0.1, 0.15) is 37.3 Å². The zero-order valence-corrected chi connectivity index (χ0v) is 19.1. The summed E-state index contributed by atoms with van der Waals surface area (Å²) in [5.41, 5.74) is 1.90. The first-order chi connectivity index (χ1) is 14.0. The number of hydrogen-bond acceptors (Lipinski definition) is 5. The van der Waals surface area contributed by atoms with Gasteiger partial charge in [-0.2, -0.15) is 0 Å². The molecular weight excluding hydrogens is 424 g/mol. The predicted octanol–water partition coefficient (Wildman–Crippen LogP) is 2.99. The second-order valence-corrected chi connectivity index (χ2v) is 10.8. The zero-order valence-electron chi connectivity index (χ0n) is 17.5. The Labute approximate surface area is 179 Å². The molecule has 0 saturated carbocycles. The summed E-state index contributed by atoms with van der Waals surface area (Å²) in [4.78, 5) is 12.2. The standard InChI is InChI=1S/C21H28N2O5S2/c1-17-7-11-20(12-8-17)29(25,26)22-15-5-4-6-16-23(19(3)24)30(27,28)21-13-9-18(2)10-14-21/h7-14,22H,4-6,15-16H2,1-3H3. The lowest BCUT2D eigenvalue weighted by molar-refractivity contribution is -0.124. The Kier molecular flexibility index (Phi) is 8.17. The number of carbonyl (C=O) groups excluding carboxylic acids is 1. The monoisotopic (exact) mass is 452 g/mol. The van der Waals surface area contributed by atoms with Gasteiger partial charge in [-0.25, -0.2) is 25.9 Å². The molecule has 30 heavy (non-hydrogen) atoms. The maximum absolute atomic E-state index is 12.7. The SMILES string of the molecule is CC(=O)N(CCCCCNS(=O)(=O)c1ccc(C)cc1)S(=O)(=O)c1ccc(C)cc1. The van der Waals surface area contributed by atoms with Crippen LogP contribution in [0.15, 0.2) is 58.3 Å². The Morgan fingerprint density at radius 1 is 0.800 bits per heavy atom. The summed E-state index contributed by atoms with van der Waals surface area (Å²) in [5, 5.41) is 0. The van der Waals surface area contributed by atoms with Gasteiger partial charge in [0.05, 0.1) is 9.79 Å². The van der Waals surface area contributed by atoms with Crippen molar-refractivity contribution >= 4 is 26.0 Å². The van der Waals surface area contributed by atoms with Crippen LogP contribution in [0.3, 0.4) is 0 Å². The first kappa shape index (κ1) is 24.0. The van der Waals surface area contributed by atoms with E-state index >= 15 is 0 Å². The topological polar surface area (TPSA) is 101 Å². The van der Waals surface area contributed by atoms with Crippen molar-refractivity contribution in [3.05, 3.63) is 59.7 Å². The fraction of sp³-hybridized carbons (Fsp3) is 0.381. The zero-order chi connectivity index (χ0) is 22.4. The normalized spacial score (nSPS) is 12.0. The molecule has 1 amide bonds. The fourth-order valence-electron chi connectivity index (χ4n) is 2.85. The maximum atomic E-state index is 12.7. The third-order valence-corrected chi connectivity index (χ3v) is 7.99. The highest BCUT2D eigenvalue weighted by Crippen LogP contribution is 2.18. The van der Waals surface area contributed by atoms with Crippen LogP contribution in [0, 0.1) is 13.8 Å². The third-order valence-electron chi connectivity index (χ3n) is 4.62. The summed E-state index contributed by atoms with van der Waals surface area (Å²) in [6.07, 6.45) is 1.54. The molecule has 2 rings (SSSR count). The molecule has 1 N–H and O–H groups in total. The number of rotatable bonds is 10. The lowest BCUT2D eigenvalue weighted by atomic mass is 10.2. The highest BCUT2D eigenvalue weighted by Gasteiger charge is 2.26. The minimum absolute atomic E-state index is 0.0518. The summed E-state index contributed by atoms with van der Waals surface area (Å²) in [6, 6.07) is 12.9. The quantitative estimate of drug-likeness (QED) is 0.559. The molecule has 0 bridgehead atoms. The number of nitrogens with zero attached hydrogens (tertiary/aromatic N) is 1. The van der Waals surface area contributed by atoms with Gasteiger partial charge in [0.2, 0.25) is 15.9 Å². The van der Waals surface area contributed by atoms with E-state index in [0.717, 1.165) is 15.4 Å². The number of nitrogens with one attached hydrogen (secondary N) is 1. The molecule has 0 heterocycles. The molecule has 0 radical (unpaired) electrons. The molecule has 7 nitrogen and oxygen atoms in total. The van der Waals surface area contributed by atoms with Gasteiger partial charge in [0.15, 0.2) is 0 Å². The molecule has 0 spiro atoms. The van der Waals surface area contributed by atoms with Crippen LogP contribution < -0.4 is 4.72 Å². The Morgan fingerprint density at radius 3 is 1.80 bits per heavy atom. The molecule has 164 valence electrons. The molecular formula is C21H28N2O5S2. The van der Waals surface area contributed by atoms with Crippen molar-refractivity contribution < 1.29 is 21.6 Å².